The van der Waals surface area contributed by atoms with Crippen molar-refractivity contribution in [1.82, 2.24) is 19.1 Å². The van der Waals surface area contributed by atoms with Crippen molar-refractivity contribution in [3.8, 4) is 17.1 Å². The molecule has 0 atom stereocenters. The van der Waals surface area contributed by atoms with Crippen LogP contribution < -0.4 is 20.7 Å². The van der Waals surface area contributed by atoms with Crippen LogP contribution in [0.25, 0.3) is 70.2 Å². The Morgan fingerprint density at radius 1 is 0.509 bits per heavy atom. The van der Waals surface area contributed by atoms with Crippen LogP contribution >= 0.6 is 11.3 Å². The van der Waals surface area contributed by atoms with E-state index in [9.17, 15) is 0 Å². The van der Waals surface area contributed by atoms with Crippen molar-refractivity contribution < 1.29 is 0 Å². The van der Waals surface area contributed by atoms with E-state index in [1.54, 1.807) is 0 Å². The molecule has 0 amide bonds. The molecule has 0 radical (unpaired) electrons. The molecule has 0 unspecified atom stereocenters. The number of nitrogens with zero attached hydrogens (tertiary/aromatic N) is 4. The highest BCUT2D eigenvalue weighted by Crippen LogP contribution is 2.42. The maximum absolute atomic E-state index is 5.14. The van der Waals surface area contributed by atoms with Crippen LogP contribution in [0, 0.1) is 0 Å². The molecular weight excluding hydrogens is 705 g/mol. The molecule has 4 heterocycles. The lowest BCUT2D eigenvalue weighted by Crippen LogP contribution is -2.74. The molecule has 0 spiro atoms. The fourth-order valence-corrected chi connectivity index (χ4v) is 14.9. The third-order valence-electron chi connectivity index (χ3n) is 11.3. The number of aryl methyl sites for hydroxylation is 1. The zero-order valence-corrected chi connectivity index (χ0v) is 31.9. The van der Waals surface area contributed by atoms with Crippen LogP contribution in [-0.4, -0.2) is 27.2 Å². The monoisotopic (exact) mass is 738 g/mol. The standard InChI is InChI=1S/C49H34N4SSi/c1-52-42-26-10-9-25-41(42)51-48(52)33-15-12-21-37(31-33)55(35-17-4-2-5-18-35,36-19-6-3-7-20-36)38-22-13-16-34(32-38)53-43-28-29-45-47(39-23-8-11-27-44(39)54-45)46(43)40-24-14-30-50-49(40)53/h2-32H,1H3. The molecule has 260 valence electrons. The van der Waals surface area contributed by atoms with Gasteiger partial charge in [-0.1, -0.05) is 127 Å². The Kier molecular flexibility index (Phi) is 7.24. The third kappa shape index (κ3) is 4.75. The van der Waals surface area contributed by atoms with E-state index in [2.05, 4.69) is 198 Å². The topological polar surface area (TPSA) is 35.6 Å². The highest BCUT2D eigenvalue weighted by molar-refractivity contribution is 7.26. The van der Waals surface area contributed by atoms with Gasteiger partial charge >= 0.3 is 0 Å². The second-order valence-corrected chi connectivity index (χ2v) is 19.1. The third-order valence-corrected chi connectivity index (χ3v) is 17.2. The van der Waals surface area contributed by atoms with Gasteiger partial charge in [-0.2, -0.15) is 0 Å². The maximum Gasteiger partial charge on any atom is 0.179 e. The van der Waals surface area contributed by atoms with Crippen LogP contribution in [0.3, 0.4) is 0 Å². The molecule has 11 rings (SSSR count). The summed E-state index contributed by atoms with van der Waals surface area (Å²) in [7, 11) is -0.820. The second kappa shape index (κ2) is 12.5. The van der Waals surface area contributed by atoms with Crippen molar-refractivity contribution >= 4 is 93.3 Å². The number of fused-ring (bicyclic) bond motifs is 8. The smallest absolute Gasteiger partial charge is 0.179 e. The van der Waals surface area contributed by atoms with Crippen LogP contribution in [0.4, 0.5) is 0 Å². The van der Waals surface area contributed by atoms with Gasteiger partial charge in [-0.15, -0.1) is 11.3 Å². The summed E-state index contributed by atoms with van der Waals surface area (Å²) in [6, 6.07) is 66.8. The predicted molar refractivity (Wildman–Crippen MR) is 235 cm³/mol. The first kappa shape index (κ1) is 31.9. The summed E-state index contributed by atoms with van der Waals surface area (Å²) < 4.78 is 7.20. The minimum absolute atomic E-state index is 0.962. The number of imidazole rings is 1. The molecular formula is C49H34N4SSi. The molecule has 4 aromatic heterocycles. The number of para-hydroxylation sites is 2. The summed E-state index contributed by atoms with van der Waals surface area (Å²) in [4.78, 5) is 10.2. The quantitative estimate of drug-likeness (QED) is 0.126. The normalized spacial score (nSPS) is 12.1. The zero-order valence-electron chi connectivity index (χ0n) is 30.1. The van der Waals surface area contributed by atoms with E-state index in [4.69, 9.17) is 9.97 Å². The van der Waals surface area contributed by atoms with Gasteiger partial charge in [0.05, 0.1) is 16.6 Å². The fourth-order valence-electron chi connectivity index (χ4n) is 8.96. The van der Waals surface area contributed by atoms with E-state index < -0.39 is 8.07 Å². The Morgan fingerprint density at radius 2 is 1.18 bits per heavy atom. The number of hydrogen-bond acceptors (Lipinski definition) is 3. The number of aromatic nitrogens is 4. The molecule has 4 nitrogen and oxygen atoms in total. The molecule has 0 aliphatic carbocycles. The summed E-state index contributed by atoms with van der Waals surface area (Å²) >= 11 is 1.86. The Labute approximate surface area is 323 Å². The van der Waals surface area contributed by atoms with Crippen molar-refractivity contribution in [2.24, 2.45) is 7.05 Å². The number of pyridine rings is 1. The van der Waals surface area contributed by atoms with E-state index in [0.717, 1.165) is 39.3 Å². The van der Waals surface area contributed by atoms with Gasteiger partial charge in [-0.3, -0.25) is 4.57 Å². The van der Waals surface area contributed by atoms with Crippen molar-refractivity contribution in [2.45, 2.75) is 0 Å². The van der Waals surface area contributed by atoms with Crippen LogP contribution in [0.1, 0.15) is 0 Å². The molecule has 0 aliphatic rings. The average molecular weight is 739 g/mol. The Balaban J connectivity index is 1.20. The summed E-state index contributed by atoms with van der Waals surface area (Å²) in [5.41, 5.74) is 6.46. The van der Waals surface area contributed by atoms with Crippen LogP contribution in [0.5, 0.6) is 0 Å². The largest absolute Gasteiger partial charge is 0.327 e. The van der Waals surface area contributed by atoms with Crippen molar-refractivity contribution in [2.75, 3.05) is 0 Å². The Bertz CT molecular complexity index is 3190. The first-order valence-electron chi connectivity index (χ1n) is 18.6. The number of benzene rings is 7. The molecule has 0 saturated carbocycles. The minimum Gasteiger partial charge on any atom is -0.327 e. The maximum atomic E-state index is 5.14. The van der Waals surface area contributed by atoms with Gasteiger partial charge in [0, 0.05) is 55.4 Å². The Morgan fingerprint density at radius 3 is 1.98 bits per heavy atom. The lowest BCUT2D eigenvalue weighted by atomic mass is 10.1. The number of rotatable bonds is 6. The fraction of sp³-hybridized carbons (Fsp3) is 0.0204. The van der Waals surface area contributed by atoms with Gasteiger partial charge in [0.15, 0.2) is 8.07 Å². The number of hydrogen-bond donors (Lipinski definition) is 0. The highest BCUT2D eigenvalue weighted by atomic mass is 32.1. The van der Waals surface area contributed by atoms with E-state index in [1.807, 2.05) is 17.5 Å². The summed E-state index contributed by atoms with van der Waals surface area (Å²) in [5, 5.41) is 10.3. The van der Waals surface area contributed by atoms with Crippen molar-refractivity contribution in [1.29, 1.82) is 0 Å². The highest BCUT2D eigenvalue weighted by Gasteiger charge is 2.42. The van der Waals surface area contributed by atoms with Crippen LogP contribution in [-0.2, 0) is 7.05 Å². The molecule has 6 heteroatoms. The molecule has 0 fully saturated rings. The van der Waals surface area contributed by atoms with Gasteiger partial charge in [0.25, 0.3) is 0 Å². The summed E-state index contributed by atoms with van der Waals surface area (Å²) in [6.07, 6.45) is 1.92. The molecule has 55 heavy (non-hydrogen) atoms. The van der Waals surface area contributed by atoms with Crippen LogP contribution in [0.15, 0.2) is 188 Å². The van der Waals surface area contributed by atoms with Gasteiger partial charge in [0.1, 0.15) is 11.5 Å². The molecule has 7 aromatic carbocycles. The van der Waals surface area contributed by atoms with Gasteiger partial charge in [-0.05, 0) is 75.3 Å². The summed E-state index contributed by atoms with van der Waals surface area (Å²) in [6.45, 7) is 0. The summed E-state index contributed by atoms with van der Waals surface area (Å²) in [5.74, 6) is 0.962. The first-order valence-corrected chi connectivity index (χ1v) is 21.5. The van der Waals surface area contributed by atoms with E-state index in [0.29, 0.717) is 0 Å². The van der Waals surface area contributed by atoms with Crippen molar-refractivity contribution in [3.63, 3.8) is 0 Å². The van der Waals surface area contributed by atoms with Crippen molar-refractivity contribution in [3.05, 3.63) is 188 Å². The molecule has 0 saturated heterocycles. The van der Waals surface area contributed by atoms with E-state index >= 15 is 0 Å². The average Bonchev–Trinajstić information content (AvgIpc) is 3.91. The molecule has 0 N–H and O–H groups in total. The Hall–Kier alpha value is -6.60. The lowest BCUT2D eigenvalue weighted by Gasteiger charge is -2.35. The second-order valence-electron chi connectivity index (χ2n) is 14.2. The van der Waals surface area contributed by atoms with Gasteiger partial charge in [0.2, 0.25) is 0 Å². The zero-order chi connectivity index (χ0) is 36.5. The minimum atomic E-state index is -2.94. The van der Waals surface area contributed by atoms with E-state index in [1.165, 1.54) is 51.7 Å². The van der Waals surface area contributed by atoms with Gasteiger partial charge in [-0.25, -0.2) is 9.97 Å². The molecule has 0 aliphatic heterocycles. The van der Waals surface area contributed by atoms with Gasteiger partial charge < -0.3 is 4.57 Å². The SMILES string of the molecule is Cn1c(-c2cccc([Si](c3ccccc3)(c3ccccc3)c3cccc(-n4c5ccc6sc7ccccc7c6c5c5cccnc54)c3)c2)nc2ccccc21. The molecule has 11 aromatic rings. The lowest BCUT2D eigenvalue weighted by molar-refractivity contribution is 0.959. The van der Waals surface area contributed by atoms with Crippen LogP contribution in [0.2, 0.25) is 0 Å². The van der Waals surface area contributed by atoms with E-state index in [-0.39, 0.29) is 0 Å². The predicted octanol–water partition coefficient (Wildman–Crippen LogP) is 9.48. The number of thiophene rings is 1. The first-order chi connectivity index (χ1) is 27.2. The molecule has 0 bridgehead atoms.